The smallest absolute Gasteiger partial charge is 0.180 e. The van der Waals surface area contributed by atoms with E-state index in [4.69, 9.17) is 4.74 Å². The van der Waals surface area contributed by atoms with E-state index in [1.165, 1.54) is 0 Å². The van der Waals surface area contributed by atoms with Crippen molar-refractivity contribution in [3.63, 3.8) is 0 Å². The lowest BCUT2D eigenvalue weighted by molar-refractivity contribution is 0.415. The molecule has 0 atom stereocenters. The number of hydrogen-bond donors (Lipinski definition) is 1. The number of pyridine rings is 2. The molecule has 0 fully saturated rings. The highest BCUT2D eigenvalue weighted by molar-refractivity contribution is 5.82. The van der Waals surface area contributed by atoms with Crippen LogP contribution in [0.2, 0.25) is 0 Å². The van der Waals surface area contributed by atoms with Crippen LogP contribution >= 0.6 is 0 Å². The lowest BCUT2D eigenvalue weighted by Crippen LogP contribution is -1.91. The van der Waals surface area contributed by atoms with E-state index < -0.39 is 0 Å². The van der Waals surface area contributed by atoms with Crippen LogP contribution in [0.3, 0.4) is 0 Å². The molecule has 3 aromatic heterocycles. The Morgan fingerprint density at radius 1 is 1.00 bits per heavy atom. The van der Waals surface area contributed by atoms with Gasteiger partial charge in [-0.25, -0.2) is 4.98 Å². The molecule has 3 heterocycles. The zero-order chi connectivity index (χ0) is 16.5. The molecule has 0 saturated carbocycles. The first-order valence-corrected chi connectivity index (χ1v) is 7.54. The largest absolute Gasteiger partial charge is 0.504 e. The molecule has 0 spiro atoms. The summed E-state index contributed by atoms with van der Waals surface area (Å²) >= 11 is 0. The van der Waals surface area contributed by atoms with Gasteiger partial charge < -0.3 is 9.84 Å². The summed E-state index contributed by atoms with van der Waals surface area (Å²) in [7, 11) is 1.64. The van der Waals surface area contributed by atoms with Crippen molar-refractivity contribution in [1.29, 1.82) is 0 Å². The van der Waals surface area contributed by atoms with E-state index in [0.29, 0.717) is 5.65 Å². The van der Waals surface area contributed by atoms with Gasteiger partial charge in [-0.2, -0.15) is 0 Å². The molecule has 0 aliphatic carbocycles. The van der Waals surface area contributed by atoms with Crippen molar-refractivity contribution in [3.05, 3.63) is 67.0 Å². The zero-order valence-electron chi connectivity index (χ0n) is 13.0. The predicted octanol–water partition coefficient (Wildman–Crippen LogP) is 3.78. The van der Waals surface area contributed by atoms with Crippen molar-refractivity contribution in [2.45, 2.75) is 0 Å². The van der Waals surface area contributed by atoms with E-state index in [2.05, 4.69) is 9.97 Å². The number of rotatable bonds is 3. The van der Waals surface area contributed by atoms with Crippen molar-refractivity contribution in [2.24, 2.45) is 0 Å². The number of aromatic nitrogens is 3. The van der Waals surface area contributed by atoms with Crippen molar-refractivity contribution in [2.75, 3.05) is 7.11 Å². The molecular formula is C19H15N3O2. The number of benzene rings is 1. The summed E-state index contributed by atoms with van der Waals surface area (Å²) in [5.41, 5.74) is 3.83. The number of imidazole rings is 1. The van der Waals surface area contributed by atoms with Gasteiger partial charge in [-0.3, -0.25) is 9.38 Å². The summed E-state index contributed by atoms with van der Waals surface area (Å²) in [5.74, 6) is 0.921. The molecular weight excluding hydrogens is 302 g/mol. The van der Waals surface area contributed by atoms with E-state index in [-0.39, 0.29) is 5.75 Å². The minimum Gasteiger partial charge on any atom is -0.504 e. The highest BCUT2D eigenvalue weighted by atomic mass is 16.5. The molecule has 4 rings (SSSR count). The number of fused-ring (bicyclic) bond motifs is 1. The Labute approximate surface area is 138 Å². The topological polar surface area (TPSA) is 59.7 Å². The number of methoxy groups -OCH3 is 1. The summed E-state index contributed by atoms with van der Waals surface area (Å²) in [6, 6.07) is 16.9. The first kappa shape index (κ1) is 14.3. The maximum absolute atomic E-state index is 10.2. The van der Waals surface area contributed by atoms with Crippen LogP contribution in [0.25, 0.3) is 28.3 Å². The van der Waals surface area contributed by atoms with Gasteiger partial charge in [0.2, 0.25) is 0 Å². The summed E-state index contributed by atoms with van der Waals surface area (Å²) < 4.78 is 7.11. The molecule has 0 aliphatic rings. The van der Waals surface area contributed by atoms with Gasteiger partial charge in [0.25, 0.3) is 0 Å². The summed E-state index contributed by atoms with van der Waals surface area (Å²) in [5, 5.41) is 10.2. The maximum Gasteiger partial charge on any atom is 0.180 e. The minimum absolute atomic E-state index is 0.134. The Balaban J connectivity index is 2.02. The lowest BCUT2D eigenvalue weighted by Gasteiger charge is -2.07. The molecule has 0 aliphatic heterocycles. The first-order chi connectivity index (χ1) is 11.8. The van der Waals surface area contributed by atoms with Gasteiger partial charge in [0.15, 0.2) is 11.4 Å². The molecule has 0 unspecified atom stereocenters. The quantitative estimate of drug-likeness (QED) is 0.625. The lowest BCUT2D eigenvalue weighted by atomic mass is 10.1. The fourth-order valence-corrected chi connectivity index (χ4v) is 2.76. The Morgan fingerprint density at radius 2 is 1.83 bits per heavy atom. The molecule has 1 N–H and O–H groups in total. The number of hydrogen-bond acceptors (Lipinski definition) is 4. The fraction of sp³-hybridized carbons (Fsp3) is 0.0526. The van der Waals surface area contributed by atoms with Crippen LogP contribution in [-0.4, -0.2) is 26.6 Å². The molecule has 118 valence electrons. The second-order valence-electron chi connectivity index (χ2n) is 5.34. The first-order valence-electron chi connectivity index (χ1n) is 7.54. The predicted molar refractivity (Wildman–Crippen MR) is 92.1 cm³/mol. The Kier molecular flexibility index (Phi) is 3.39. The Hall–Kier alpha value is -3.34. The third-order valence-corrected chi connectivity index (χ3v) is 3.90. The number of ether oxygens (including phenoxy) is 1. The zero-order valence-corrected chi connectivity index (χ0v) is 13.0. The van der Waals surface area contributed by atoms with E-state index in [1.54, 1.807) is 25.4 Å². The molecule has 1 aromatic carbocycles. The standard InChI is InChI=1S/C19H15N3O2/c1-24-14-9-7-13(8-10-14)18-17(15-5-2-3-11-20-15)21-19-16(23)6-4-12-22(18)19/h2-12,23H,1H3. The molecule has 0 amide bonds. The average Bonchev–Trinajstić information content (AvgIpc) is 3.03. The van der Waals surface area contributed by atoms with Gasteiger partial charge in [-0.1, -0.05) is 6.07 Å². The summed E-state index contributed by atoms with van der Waals surface area (Å²) in [4.78, 5) is 9.03. The van der Waals surface area contributed by atoms with Crippen molar-refractivity contribution < 1.29 is 9.84 Å². The number of aromatic hydroxyl groups is 1. The highest BCUT2D eigenvalue weighted by Gasteiger charge is 2.18. The second kappa shape index (κ2) is 5.70. The third kappa shape index (κ3) is 2.27. The fourth-order valence-electron chi connectivity index (χ4n) is 2.76. The SMILES string of the molecule is COc1ccc(-c2c(-c3ccccn3)nc3c(O)cccn23)cc1. The van der Waals surface area contributed by atoms with E-state index in [0.717, 1.165) is 28.4 Å². The van der Waals surface area contributed by atoms with Crippen molar-refractivity contribution in [1.82, 2.24) is 14.4 Å². The van der Waals surface area contributed by atoms with Crippen LogP contribution in [0.15, 0.2) is 67.0 Å². The monoisotopic (exact) mass is 317 g/mol. The van der Waals surface area contributed by atoms with Crippen LogP contribution < -0.4 is 4.74 Å². The van der Waals surface area contributed by atoms with Crippen LogP contribution in [-0.2, 0) is 0 Å². The summed E-state index contributed by atoms with van der Waals surface area (Å²) in [6.07, 6.45) is 3.62. The van der Waals surface area contributed by atoms with Crippen LogP contribution in [0.1, 0.15) is 0 Å². The average molecular weight is 317 g/mol. The van der Waals surface area contributed by atoms with Gasteiger partial charge in [-0.15, -0.1) is 0 Å². The van der Waals surface area contributed by atoms with Crippen molar-refractivity contribution in [3.8, 4) is 34.1 Å². The second-order valence-corrected chi connectivity index (χ2v) is 5.34. The van der Waals surface area contributed by atoms with Crippen molar-refractivity contribution >= 4 is 5.65 Å². The minimum atomic E-state index is 0.134. The van der Waals surface area contributed by atoms with Gasteiger partial charge in [0.05, 0.1) is 18.5 Å². The normalized spacial score (nSPS) is 10.9. The molecule has 0 radical (unpaired) electrons. The van der Waals surface area contributed by atoms with E-state index >= 15 is 0 Å². The maximum atomic E-state index is 10.2. The van der Waals surface area contributed by atoms with Gasteiger partial charge >= 0.3 is 0 Å². The molecule has 0 bridgehead atoms. The van der Waals surface area contributed by atoms with Gasteiger partial charge in [0, 0.05) is 18.0 Å². The highest BCUT2D eigenvalue weighted by Crippen LogP contribution is 2.34. The Morgan fingerprint density at radius 3 is 2.54 bits per heavy atom. The van der Waals surface area contributed by atoms with Crippen LogP contribution in [0, 0.1) is 0 Å². The van der Waals surface area contributed by atoms with E-state index in [9.17, 15) is 5.11 Å². The van der Waals surface area contributed by atoms with Gasteiger partial charge in [-0.05, 0) is 48.5 Å². The summed E-state index contributed by atoms with van der Waals surface area (Å²) in [6.45, 7) is 0. The Bertz CT molecular complexity index is 992. The number of nitrogens with zero attached hydrogens (tertiary/aromatic N) is 3. The van der Waals surface area contributed by atoms with Gasteiger partial charge in [0.1, 0.15) is 11.4 Å². The van der Waals surface area contributed by atoms with E-state index in [1.807, 2.05) is 53.1 Å². The molecule has 5 heteroatoms. The molecule has 4 aromatic rings. The molecule has 5 nitrogen and oxygen atoms in total. The molecule has 0 saturated heterocycles. The van der Waals surface area contributed by atoms with Crippen LogP contribution in [0.4, 0.5) is 0 Å². The van der Waals surface area contributed by atoms with Crippen LogP contribution in [0.5, 0.6) is 11.5 Å². The molecule has 24 heavy (non-hydrogen) atoms. The third-order valence-electron chi connectivity index (χ3n) is 3.90.